The van der Waals surface area contributed by atoms with Gasteiger partial charge in [-0.3, -0.25) is 14.4 Å². The number of rotatable bonds is 7. The molecule has 1 aliphatic heterocycles. The van der Waals surface area contributed by atoms with E-state index in [1.54, 1.807) is 18.2 Å². The van der Waals surface area contributed by atoms with Crippen LogP contribution >= 0.6 is 27.7 Å². The minimum atomic E-state index is -1.29. The molecular weight excluding hydrogens is 529 g/mol. The van der Waals surface area contributed by atoms with E-state index < -0.39 is 35.4 Å². The zero-order chi connectivity index (χ0) is 24.8. The highest BCUT2D eigenvalue weighted by Gasteiger charge is 2.44. The normalized spacial score (nSPS) is 17.4. The minimum absolute atomic E-state index is 0.117. The largest absolute Gasteiger partial charge is 0.496 e. The number of ether oxygens (including phenoxy) is 2. The molecule has 2 N–H and O–H groups in total. The molecule has 8 nitrogen and oxygen atoms in total. The standard InChI is InChI=1S/C23H19BrFN3O5S/c1-32-17-8-3-12(9-16(17)24)19-15(10-26)22(28-21(30)20(19)23(31)33-2)34-11-18(29)27-14-6-4-13(25)5-7-14/h3-9,19-20H,11H2,1-2H3,(H,27,29)(H,28,30)/t19-,20-/m1/s1. The number of thioether (sulfide) groups is 1. The van der Waals surface area contributed by atoms with E-state index in [1.165, 1.54) is 31.4 Å². The number of nitrogens with zero attached hydrogens (tertiary/aromatic N) is 1. The van der Waals surface area contributed by atoms with Crippen molar-refractivity contribution in [3.63, 3.8) is 0 Å². The van der Waals surface area contributed by atoms with E-state index in [2.05, 4.69) is 32.6 Å². The van der Waals surface area contributed by atoms with Gasteiger partial charge in [0.25, 0.3) is 0 Å². The molecule has 0 aromatic heterocycles. The van der Waals surface area contributed by atoms with Gasteiger partial charge in [-0.25, -0.2) is 4.39 Å². The first-order valence-electron chi connectivity index (χ1n) is 9.83. The fourth-order valence-corrected chi connectivity index (χ4v) is 4.83. The molecule has 1 aliphatic rings. The maximum Gasteiger partial charge on any atom is 0.319 e. The van der Waals surface area contributed by atoms with Gasteiger partial charge in [0.2, 0.25) is 11.8 Å². The van der Waals surface area contributed by atoms with Crippen molar-refractivity contribution >= 4 is 51.2 Å². The van der Waals surface area contributed by atoms with Gasteiger partial charge < -0.3 is 20.1 Å². The molecule has 176 valence electrons. The van der Waals surface area contributed by atoms with Crippen LogP contribution in [0.3, 0.4) is 0 Å². The molecule has 0 fully saturated rings. The zero-order valence-electron chi connectivity index (χ0n) is 18.1. The van der Waals surface area contributed by atoms with Crippen LogP contribution in [0, 0.1) is 23.1 Å². The molecule has 0 spiro atoms. The summed E-state index contributed by atoms with van der Waals surface area (Å²) in [6, 6.07) is 12.3. The van der Waals surface area contributed by atoms with Gasteiger partial charge in [-0.2, -0.15) is 5.26 Å². The van der Waals surface area contributed by atoms with E-state index in [0.29, 0.717) is 21.5 Å². The molecule has 0 saturated heterocycles. The van der Waals surface area contributed by atoms with Crippen molar-refractivity contribution in [2.24, 2.45) is 5.92 Å². The van der Waals surface area contributed by atoms with Gasteiger partial charge in [-0.1, -0.05) is 17.8 Å². The van der Waals surface area contributed by atoms with Crippen molar-refractivity contribution in [2.75, 3.05) is 25.3 Å². The Hall–Kier alpha value is -3.36. The van der Waals surface area contributed by atoms with Crippen molar-refractivity contribution in [1.29, 1.82) is 5.26 Å². The first-order chi connectivity index (χ1) is 16.3. The first kappa shape index (κ1) is 25.3. The van der Waals surface area contributed by atoms with E-state index >= 15 is 0 Å². The van der Waals surface area contributed by atoms with E-state index in [4.69, 9.17) is 9.47 Å². The van der Waals surface area contributed by atoms with Gasteiger partial charge in [0, 0.05) is 11.6 Å². The number of hydrogen-bond donors (Lipinski definition) is 2. The number of nitriles is 1. The number of benzene rings is 2. The van der Waals surface area contributed by atoms with Crippen molar-refractivity contribution < 1.29 is 28.2 Å². The number of carbonyl (C=O) groups excluding carboxylic acids is 3. The lowest BCUT2D eigenvalue weighted by atomic mass is 9.78. The average Bonchev–Trinajstić information content (AvgIpc) is 2.83. The lowest BCUT2D eigenvalue weighted by molar-refractivity contribution is -0.150. The van der Waals surface area contributed by atoms with E-state index in [-0.39, 0.29) is 16.4 Å². The van der Waals surface area contributed by atoms with Gasteiger partial charge in [-0.05, 0) is 57.9 Å². The zero-order valence-corrected chi connectivity index (χ0v) is 20.5. The molecule has 2 aromatic rings. The lowest BCUT2D eigenvalue weighted by Crippen LogP contribution is -2.44. The summed E-state index contributed by atoms with van der Waals surface area (Å²) in [6.07, 6.45) is 0. The van der Waals surface area contributed by atoms with Crippen LogP contribution in [-0.4, -0.2) is 37.8 Å². The second-order valence-corrected chi connectivity index (χ2v) is 8.90. The Morgan fingerprint density at radius 3 is 2.53 bits per heavy atom. The molecule has 0 radical (unpaired) electrons. The second kappa shape index (κ2) is 11.2. The molecule has 0 bridgehead atoms. The molecule has 3 rings (SSSR count). The molecule has 11 heteroatoms. The third-order valence-corrected chi connectivity index (χ3v) is 6.63. The second-order valence-electron chi connectivity index (χ2n) is 7.06. The molecule has 0 aliphatic carbocycles. The van der Waals surface area contributed by atoms with Crippen molar-refractivity contribution in [1.82, 2.24) is 5.32 Å². The fraction of sp³-hybridized carbons (Fsp3) is 0.217. The summed E-state index contributed by atoms with van der Waals surface area (Å²) in [4.78, 5) is 37.7. The van der Waals surface area contributed by atoms with Crippen LogP contribution in [-0.2, 0) is 19.1 Å². The average molecular weight is 548 g/mol. The topological polar surface area (TPSA) is 118 Å². The Morgan fingerprint density at radius 1 is 1.24 bits per heavy atom. The Morgan fingerprint density at radius 2 is 1.94 bits per heavy atom. The molecular formula is C23H19BrFN3O5S. The summed E-state index contributed by atoms with van der Waals surface area (Å²) in [5.41, 5.74) is 1.04. The predicted octanol–water partition coefficient (Wildman–Crippen LogP) is 3.71. The molecule has 2 aromatic carbocycles. The molecule has 34 heavy (non-hydrogen) atoms. The summed E-state index contributed by atoms with van der Waals surface area (Å²) in [5.74, 6) is -4.13. The number of anilines is 1. The molecule has 0 saturated carbocycles. The van der Waals surface area contributed by atoms with Gasteiger partial charge in [0.1, 0.15) is 17.5 Å². The van der Waals surface area contributed by atoms with Crippen LogP contribution in [0.1, 0.15) is 11.5 Å². The van der Waals surface area contributed by atoms with Gasteiger partial charge in [0.15, 0.2) is 0 Å². The monoisotopic (exact) mass is 547 g/mol. The van der Waals surface area contributed by atoms with Crippen LogP contribution in [0.2, 0.25) is 0 Å². The van der Waals surface area contributed by atoms with Crippen LogP contribution in [0.15, 0.2) is 57.5 Å². The molecule has 2 amide bonds. The maximum absolute atomic E-state index is 13.1. The van der Waals surface area contributed by atoms with Crippen LogP contribution < -0.4 is 15.4 Å². The quantitative estimate of drug-likeness (QED) is 0.400. The molecule has 2 atom stereocenters. The summed E-state index contributed by atoms with van der Waals surface area (Å²) < 4.78 is 23.7. The Kier molecular flexibility index (Phi) is 8.31. The smallest absolute Gasteiger partial charge is 0.319 e. The van der Waals surface area contributed by atoms with E-state index in [0.717, 1.165) is 18.9 Å². The highest BCUT2D eigenvalue weighted by atomic mass is 79.9. The fourth-order valence-electron chi connectivity index (χ4n) is 3.42. The first-order valence-corrected chi connectivity index (χ1v) is 11.6. The van der Waals surface area contributed by atoms with E-state index in [1.807, 2.05) is 0 Å². The highest BCUT2D eigenvalue weighted by Crippen LogP contribution is 2.42. The van der Waals surface area contributed by atoms with E-state index in [9.17, 15) is 24.0 Å². The summed E-state index contributed by atoms with van der Waals surface area (Å²) >= 11 is 4.33. The van der Waals surface area contributed by atoms with Crippen LogP contribution in [0.5, 0.6) is 5.75 Å². The molecule has 1 heterocycles. The number of esters is 1. The number of nitrogens with one attached hydrogen (secondary N) is 2. The number of methoxy groups -OCH3 is 2. The predicted molar refractivity (Wildman–Crippen MR) is 127 cm³/mol. The van der Waals surface area contributed by atoms with Gasteiger partial charge in [-0.15, -0.1) is 0 Å². The van der Waals surface area contributed by atoms with Crippen LogP contribution in [0.25, 0.3) is 0 Å². The third-order valence-electron chi connectivity index (χ3n) is 4.99. The number of carbonyl (C=O) groups is 3. The SMILES string of the molecule is COC(=O)[C@H]1C(=O)NC(SCC(=O)Nc2ccc(F)cc2)=C(C#N)[C@H]1c1ccc(OC)c(Br)c1. The molecule has 0 unspecified atom stereocenters. The Bertz CT molecular complexity index is 1200. The summed E-state index contributed by atoms with van der Waals surface area (Å²) in [5, 5.41) is 15.3. The summed E-state index contributed by atoms with van der Waals surface area (Å²) in [6.45, 7) is 0. The van der Waals surface area contributed by atoms with Gasteiger partial charge >= 0.3 is 5.97 Å². The minimum Gasteiger partial charge on any atom is -0.496 e. The number of allylic oxidation sites excluding steroid dienone is 1. The maximum atomic E-state index is 13.1. The Labute approximate surface area is 207 Å². The lowest BCUT2D eigenvalue weighted by Gasteiger charge is -2.31. The summed E-state index contributed by atoms with van der Waals surface area (Å²) in [7, 11) is 2.66. The van der Waals surface area contributed by atoms with Crippen LogP contribution in [0.4, 0.5) is 10.1 Å². The highest BCUT2D eigenvalue weighted by molar-refractivity contribution is 9.10. The van der Waals surface area contributed by atoms with Crippen molar-refractivity contribution in [3.8, 4) is 11.8 Å². The van der Waals surface area contributed by atoms with Crippen molar-refractivity contribution in [2.45, 2.75) is 5.92 Å². The third kappa shape index (κ3) is 5.58. The Balaban J connectivity index is 1.92. The van der Waals surface area contributed by atoms with Crippen molar-refractivity contribution in [3.05, 3.63) is 68.9 Å². The number of halogens is 2. The number of hydrogen-bond acceptors (Lipinski definition) is 7. The van der Waals surface area contributed by atoms with Gasteiger partial charge in [0.05, 0.1) is 41.1 Å². The number of amides is 2.